The molecule has 0 amide bonds. The molecule has 0 bridgehead atoms. The van der Waals surface area contributed by atoms with Gasteiger partial charge in [0.15, 0.2) is 5.16 Å². The minimum absolute atomic E-state index is 0.684. The van der Waals surface area contributed by atoms with Crippen LogP contribution in [0, 0.1) is 5.92 Å². The molecule has 0 aliphatic carbocycles. The predicted octanol–water partition coefficient (Wildman–Crippen LogP) is 2.80. The smallest absolute Gasteiger partial charge is 0.189 e. The van der Waals surface area contributed by atoms with E-state index in [1.165, 1.54) is 0 Å². The Morgan fingerprint density at radius 1 is 1.53 bits per heavy atom. The van der Waals surface area contributed by atoms with Crippen LogP contribution in [0.1, 0.15) is 12.8 Å². The van der Waals surface area contributed by atoms with E-state index in [1.54, 1.807) is 18.0 Å². The van der Waals surface area contributed by atoms with Crippen LogP contribution in [0.5, 0.6) is 0 Å². The molecule has 1 aliphatic heterocycles. The van der Waals surface area contributed by atoms with Crippen molar-refractivity contribution >= 4 is 33.5 Å². The molecule has 1 aliphatic rings. The summed E-state index contributed by atoms with van der Waals surface area (Å²) in [5.41, 5.74) is 0. The lowest BCUT2D eigenvalue weighted by Gasteiger charge is -2.22. The van der Waals surface area contributed by atoms with E-state index in [-0.39, 0.29) is 0 Å². The van der Waals surface area contributed by atoms with Gasteiger partial charge in [0.1, 0.15) is 5.82 Å². The number of rotatable bonds is 4. The highest BCUT2D eigenvalue weighted by Gasteiger charge is 2.14. The number of nitrogens with zero attached hydrogens (tertiary/aromatic N) is 2. The molecule has 1 saturated heterocycles. The standard InChI is InChI=1S/C11H16BrN3OS/c1-17-11-14-7-9(12)10(15-11)13-6-8-2-4-16-5-3-8/h7-8H,2-6H2,1H3,(H,13,14,15). The lowest BCUT2D eigenvalue weighted by Crippen LogP contribution is -2.23. The third-order valence-electron chi connectivity index (χ3n) is 2.80. The Balaban J connectivity index is 1.92. The van der Waals surface area contributed by atoms with Crippen LogP contribution < -0.4 is 5.32 Å². The number of anilines is 1. The van der Waals surface area contributed by atoms with Crippen LogP contribution in [0.2, 0.25) is 0 Å². The van der Waals surface area contributed by atoms with E-state index in [0.717, 1.165) is 48.0 Å². The van der Waals surface area contributed by atoms with Crippen LogP contribution in [0.4, 0.5) is 5.82 Å². The van der Waals surface area contributed by atoms with Gasteiger partial charge in [-0.25, -0.2) is 9.97 Å². The Morgan fingerprint density at radius 2 is 2.29 bits per heavy atom. The van der Waals surface area contributed by atoms with Crippen LogP contribution in [0.25, 0.3) is 0 Å². The third-order valence-corrected chi connectivity index (χ3v) is 3.95. The summed E-state index contributed by atoms with van der Waals surface area (Å²) in [5.74, 6) is 1.57. The van der Waals surface area contributed by atoms with Crippen molar-refractivity contribution in [3.05, 3.63) is 10.7 Å². The summed E-state index contributed by atoms with van der Waals surface area (Å²) in [6.07, 6.45) is 6.03. The van der Waals surface area contributed by atoms with Crippen molar-refractivity contribution in [3.8, 4) is 0 Å². The van der Waals surface area contributed by atoms with Crippen molar-refractivity contribution in [2.24, 2.45) is 5.92 Å². The minimum Gasteiger partial charge on any atom is -0.381 e. The number of thioether (sulfide) groups is 1. The average molecular weight is 318 g/mol. The van der Waals surface area contributed by atoms with Gasteiger partial charge < -0.3 is 10.1 Å². The van der Waals surface area contributed by atoms with Gasteiger partial charge in [-0.1, -0.05) is 11.8 Å². The fraction of sp³-hybridized carbons (Fsp3) is 0.636. The molecule has 17 heavy (non-hydrogen) atoms. The molecule has 6 heteroatoms. The molecule has 0 unspecified atom stereocenters. The van der Waals surface area contributed by atoms with Crippen LogP contribution in [-0.4, -0.2) is 36.0 Å². The molecule has 0 aromatic carbocycles. The maximum atomic E-state index is 5.35. The topological polar surface area (TPSA) is 47.0 Å². The van der Waals surface area contributed by atoms with Gasteiger partial charge in [-0.15, -0.1) is 0 Å². The molecule has 2 rings (SSSR count). The fourth-order valence-corrected chi connectivity index (χ4v) is 2.44. The van der Waals surface area contributed by atoms with Gasteiger partial charge in [-0.05, 0) is 40.9 Å². The zero-order valence-corrected chi connectivity index (χ0v) is 12.2. The number of nitrogens with one attached hydrogen (secondary N) is 1. The zero-order valence-electron chi connectivity index (χ0n) is 9.78. The normalized spacial score (nSPS) is 17.1. The summed E-state index contributed by atoms with van der Waals surface area (Å²) >= 11 is 5.01. The van der Waals surface area contributed by atoms with Crippen molar-refractivity contribution in [3.63, 3.8) is 0 Å². The van der Waals surface area contributed by atoms with Crippen molar-refractivity contribution in [1.29, 1.82) is 0 Å². The number of hydrogen-bond acceptors (Lipinski definition) is 5. The number of ether oxygens (including phenoxy) is 1. The summed E-state index contributed by atoms with van der Waals surface area (Å²) in [6.45, 7) is 2.72. The molecular weight excluding hydrogens is 302 g/mol. The van der Waals surface area contributed by atoms with Crippen LogP contribution >= 0.6 is 27.7 Å². The SMILES string of the molecule is CSc1ncc(Br)c(NCC2CCOCC2)n1. The van der Waals surface area contributed by atoms with E-state index in [9.17, 15) is 0 Å². The molecule has 1 fully saturated rings. The summed E-state index contributed by atoms with van der Waals surface area (Å²) < 4.78 is 6.26. The van der Waals surface area contributed by atoms with E-state index in [2.05, 4.69) is 31.2 Å². The van der Waals surface area contributed by atoms with Gasteiger partial charge in [0.2, 0.25) is 0 Å². The summed E-state index contributed by atoms with van der Waals surface area (Å²) in [7, 11) is 0. The van der Waals surface area contributed by atoms with Crippen molar-refractivity contribution in [2.45, 2.75) is 18.0 Å². The summed E-state index contributed by atoms with van der Waals surface area (Å²) in [6, 6.07) is 0. The molecule has 0 saturated carbocycles. The highest BCUT2D eigenvalue weighted by Crippen LogP contribution is 2.23. The first kappa shape index (κ1) is 13.1. The number of aromatic nitrogens is 2. The van der Waals surface area contributed by atoms with Gasteiger partial charge in [0.25, 0.3) is 0 Å². The Hall–Kier alpha value is -0.330. The molecule has 2 heterocycles. The lowest BCUT2D eigenvalue weighted by atomic mass is 10.0. The lowest BCUT2D eigenvalue weighted by molar-refractivity contribution is 0.0699. The van der Waals surface area contributed by atoms with Crippen LogP contribution in [-0.2, 0) is 4.74 Å². The molecule has 0 radical (unpaired) electrons. The van der Waals surface area contributed by atoms with Gasteiger partial charge in [-0.2, -0.15) is 0 Å². The van der Waals surface area contributed by atoms with E-state index in [0.29, 0.717) is 5.92 Å². The summed E-state index contributed by atoms with van der Waals surface area (Å²) in [4.78, 5) is 8.63. The minimum atomic E-state index is 0.684. The third kappa shape index (κ3) is 3.82. The Labute approximate surface area is 114 Å². The van der Waals surface area contributed by atoms with Gasteiger partial charge >= 0.3 is 0 Å². The number of hydrogen-bond donors (Lipinski definition) is 1. The molecule has 0 atom stereocenters. The second-order valence-corrected chi connectivity index (χ2v) is 5.62. The van der Waals surface area contributed by atoms with E-state index < -0.39 is 0 Å². The molecular formula is C11H16BrN3OS. The van der Waals surface area contributed by atoms with Gasteiger partial charge in [0, 0.05) is 26.0 Å². The fourth-order valence-electron chi connectivity index (χ4n) is 1.76. The molecule has 1 aromatic rings. The van der Waals surface area contributed by atoms with E-state index in [1.807, 2.05) is 6.26 Å². The predicted molar refractivity (Wildman–Crippen MR) is 73.5 cm³/mol. The second kappa shape index (κ2) is 6.56. The van der Waals surface area contributed by atoms with Crippen LogP contribution in [0.15, 0.2) is 15.8 Å². The van der Waals surface area contributed by atoms with E-state index >= 15 is 0 Å². The molecule has 0 spiro atoms. The quantitative estimate of drug-likeness (QED) is 0.683. The van der Waals surface area contributed by atoms with Crippen molar-refractivity contribution in [2.75, 3.05) is 31.3 Å². The van der Waals surface area contributed by atoms with Crippen LogP contribution in [0.3, 0.4) is 0 Å². The average Bonchev–Trinajstić information content (AvgIpc) is 2.39. The van der Waals surface area contributed by atoms with Gasteiger partial charge in [-0.3, -0.25) is 0 Å². The Morgan fingerprint density at radius 3 is 3.00 bits per heavy atom. The Bertz CT molecular complexity index is 372. The first-order valence-corrected chi connectivity index (χ1v) is 7.69. The largest absolute Gasteiger partial charge is 0.381 e. The highest BCUT2D eigenvalue weighted by molar-refractivity contribution is 9.10. The van der Waals surface area contributed by atoms with Gasteiger partial charge in [0.05, 0.1) is 4.47 Å². The molecule has 1 N–H and O–H groups in total. The first-order chi connectivity index (χ1) is 8.29. The maximum Gasteiger partial charge on any atom is 0.189 e. The molecule has 1 aromatic heterocycles. The zero-order chi connectivity index (χ0) is 12.1. The van der Waals surface area contributed by atoms with E-state index in [4.69, 9.17) is 4.74 Å². The monoisotopic (exact) mass is 317 g/mol. The molecule has 4 nitrogen and oxygen atoms in total. The van der Waals surface area contributed by atoms with Crippen molar-refractivity contribution in [1.82, 2.24) is 9.97 Å². The highest BCUT2D eigenvalue weighted by atomic mass is 79.9. The van der Waals surface area contributed by atoms with Crippen molar-refractivity contribution < 1.29 is 4.74 Å². The maximum absolute atomic E-state index is 5.35. The number of halogens is 1. The second-order valence-electron chi connectivity index (χ2n) is 3.99. The summed E-state index contributed by atoms with van der Waals surface area (Å²) in [5, 5.41) is 4.18. The molecule has 94 valence electrons. The Kier molecular flexibility index (Phi) is 5.06. The first-order valence-electron chi connectivity index (χ1n) is 5.67.